The minimum absolute atomic E-state index is 0.0152. The first-order valence-electron chi connectivity index (χ1n) is 10.4. The molecule has 1 saturated heterocycles. The lowest BCUT2D eigenvalue weighted by Gasteiger charge is -2.26. The van der Waals surface area contributed by atoms with Gasteiger partial charge in [-0.25, -0.2) is 4.98 Å². The smallest absolute Gasteiger partial charge is 0.262 e. The maximum atomic E-state index is 13.5. The molecule has 0 aliphatic carbocycles. The van der Waals surface area contributed by atoms with Crippen molar-refractivity contribution in [2.45, 2.75) is 32.4 Å². The Balaban J connectivity index is 1.81. The number of halogens is 1. The van der Waals surface area contributed by atoms with E-state index in [0.717, 1.165) is 25.9 Å². The van der Waals surface area contributed by atoms with Crippen LogP contribution in [0.15, 0.2) is 23.0 Å². The summed E-state index contributed by atoms with van der Waals surface area (Å²) in [7, 11) is 0. The molecular formula is C21H24ClN9O. The van der Waals surface area contributed by atoms with Crippen LogP contribution in [-0.2, 0) is 6.54 Å². The van der Waals surface area contributed by atoms with E-state index in [2.05, 4.69) is 20.6 Å². The minimum Gasteiger partial charge on any atom is -0.382 e. The van der Waals surface area contributed by atoms with Crippen molar-refractivity contribution in [1.29, 1.82) is 5.26 Å². The van der Waals surface area contributed by atoms with Crippen molar-refractivity contribution in [3.63, 3.8) is 0 Å². The summed E-state index contributed by atoms with van der Waals surface area (Å²) < 4.78 is 1.67. The summed E-state index contributed by atoms with van der Waals surface area (Å²) >= 11 is 6.35. The maximum Gasteiger partial charge on any atom is 0.262 e. The molecular weight excluding hydrogens is 430 g/mol. The molecule has 3 aromatic rings. The number of nitriles is 1. The average molecular weight is 454 g/mol. The van der Waals surface area contributed by atoms with E-state index in [1.54, 1.807) is 22.8 Å². The first-order valence-corrected chi connectivity index (χ1v) is 10.8. The highest BCUT2D eigenvalue weighted by Crippen LogP contribution is 2.26. The fourth-order valence-corrected chi connectivity index (χ4v) is 4.32. The number of nitrogens with one attached hydrogen (secondary N) is 2. The number of nitrogen functional groups attached to an aromatic ring is 2. The summed E-state index contributed by atoms with van der Waals surface area (Å²) in [5.41, 5.74) is 11.9. The Morgan fingerprint density at radius 1 is 1.38 bits per heavy atom. The maximum absolute atomic E-state index is 13.5. The molecule has 2 aromatic heterocycles. The van der Waals surface area contributed by atoms with Gasteiger partial charge < -0.3 is 22.1 Å². The van der Waals surface area contributed by atoms with Gasteiger partial charge in [-0.2, -0.15) is 15.2 Å². The van der Waals surface area contributed by atoms with Gasteiger partial charge >= 0.3 is 0 Å². The molecule has 1 fully saturated rings. The Hall–Kier alpha value is -3.42. The van der Waals surface area contributed by atoms with E-state index >= 15 is 0 Å². The summed E-state index contributed by atoms with van der Waals surface area (Å²) in [5.74, 6) is 0.916. The van der Waals surface area contributed by atoms with Gasteiger partial charge in [0.25, 0.3) is 5.56 Å². The van der Waals surface area contributed by atoms with E-state index in [1.165, 1.54) is 0 Å². The highest BCUT2D eigenvalue weighted by atomic mass is 35.5. The number of benzene rings is 1. The Kier molecular flexibility index (Phi) is 6.12. The predicted octanol–water partition coefficient (Wildman–Crippen LogP) is 2.05. The number of nitrogens with zero attached hydrogens (tertiary/aromatic N) is 5. The van der Waals surface area contributed by atoms with Gasteiger partial charge in [0.1, 0.15) is 23.3 Å². The first kappa shape index (κ1) is 21.8. The summed E-state index contributed by atoms with van der Waals surface area (Å²) in [6, 6.07) is 6.71. The SMILES string of the molecule is C[C@H](Nc1nc(N)nc(N)c1C#N)c1nc2cccc(Cl)c2c(=O)n1CC1CCCNC1. The first-order chi connectivity index (χ1) is 15.4. The van der Waals surface area contributed by atoms with Gasteiger partial charge in [-0.05, 0) is 50.9 Å². The predicted molar refractivity (Wildman–Crippen MR) is 124 cm³/mol. The summed E-state index contributed by atoms with van der Waals surface area (Å²) in [4.78, 5) is 26.2. The van der Waals surface area contributed by atoms with Gasteiger partial charge in [0.2, 0.25) is 5.95 Å². The number of nitrogens with two attached hydrogens (primary N) is 2. The van der Waals surface area contributed by atoms with Crippen molar-refractivity contribution >= 4 is 40.1 Å². The number of fused-ring (bicyclic) bond motifs is 1. The highest BCUT2D eigenvalue weighted by molar-refractivity contribution is 6.35. The fourth-order valence-electron chi connectivity index (χ4n) is 4.07. The van der Waals surface area contributed by atoms with Crippen LogP contribution in [0.4, 0.5) is 17.6 Å². The Labute approximate surface area is 189 Å². The largest absolute Gasteiger partial charge is 0.382 e. The van der Waals surface area contributed by atoms with Crippen LogP contribution < -0.4 is 27.7 Å². The Morgan fingerprint density at radius 2 is 2.19 bits per heavy atom. The zero-order valence-electron chi connectivity index (χ0n) is 17.6. The molecule has 10 nitrogen and oxygen atoms in total. The third-order valence-electron chi connectivity index (χ3n) is 5.61. The normalized spacial score (nSPS) is 17.1. The second-order valence-corrected chi connectivity index (χ2v) is 8.31. The van der Waals surface area contributed by atoms with Gasteiger partial charge in [-0.1, -0.05) is 17.7 Å². The van der Waals surface area contributed by atoms with Crippen LogP contribution in [0, 0.1) is 17.2 Å². The second kappa shape index (κ2) is 8.98. The topological polar surface area (TPSA) is 161 Å². The van der Waals surface area contributed by atoms with Crippen molar-refractivity contribution < 1.29 is 0 Å². The quantitative estimate of drug-likeness (QED) is 0.453. The van der Waals surface area contributed by atoms with Crippen LogP contribution in [-0.4, -0.2) is 32.6 Å². The molecule has 0 spiro atoms. The van der Waals surface area contributed by atoms with E-state index in [1.807, 2.05) is 13.0 Å². The minimum atomic E-state index is -0.483. The number of rotatable bonds is 5. The molecule has 3 heterocycles. The molecule has 1 unspecified atom stereocenters. The van der Waals surface area contributed by atoms with Crippen LogP contribution in [0.5, 0.6) is 0 Å². The van der Waals surface area contributed by atoms with Crippen molar-refractivity contribution in [3.8, 4) is 6.07 Å². The standard InChI is InChI=1S/C21H24ClN9O/c1-11(27-18-13(8-23)17(24)29-21(25)30-18)19-28-15-6-2-5-14(22)16(15)20(32)31(19)10-12-4-3-7-26-9-12/h2,5-6,11-12,26H,3-4,7,9-10H2,1H3,(H5,24,25,27,29,30)/t11-,12?/m0/s1. The molecule has 0 amide bonds. The molecule has 0 radical (unpaired) electrons. The van der Waals surface area contributed by atoms with E-state index in [0.29, 0.717) is 28.3 Å². The van der Waals surface area contributed by atoms with Crippen LogP contribution in [0.2, 0.25) is 5.02 Å². The number of hydrogen-bond acceptors (Lipinski definition) is 9. The lowest BCUT2D eigenvalue weighted by molar-refractivity contribution is 0.327. The zero-order valence-corrected chi connectivity index (χ0v) is 18.4. The van der Waals surface area contributed by atoms with Crippen molar-refractivity contribution in [2.24, 2.45) is 5.92 Å². The van der Waals surface area contributed by atoms with Gasteiger partial charge in [0.05, 0.1) is 22.0 Å². The molecule has 6 N–H and O–H groups in total. The van der Waals surface area contributed by atoms with Crippen molar-refractivity contribution in [3.05, 3.63) is 45.0 Å². The van der Waals surface area contributed by atoms with Gasteiger partial charge in [-0.3, -0.25) is 9.36 Å². The molecule has 2 atom stereocenters. The van der Waals surface area contributed by atoms with E-state index in [-0.39, 0.29) is 34.6 Å². The number of anilines is 3. The molecule has 166 valence electrons. The summed E-state index contributed by atoms with van der Waals surface area (Å²) in [5, 5.41) is 16.8. The molecule has 0 bridgehead atoms. The number of piperidine rings is 1. The van der Waals surface area contributed by atoms with E-state index < -0.39 is 6.04 Å². The van der Waals surface area contributed by atoms with E-state index in [9.17, 15) is 10.1 Å². The fraction of sp³-hybridized carbons (Fsp3) is 0.381. The average Bonchev–Trinajstić information content (AvgIpc) is 2.76. The summed E-state index contributed by atoms with van der Waals surface area (Å²) in [6.07, 6.45) is 2.06. The highest BCUT2D eigenvalue weighted by Gasteiger charge is 2.23. The van der Waals surface area contributed by atoms with Crippen molar-refractivity contribution in [1.82, 2.24) is 24.8 Å². The lowest BCUT2D eigenvalue weighted by Crippen LogP contribution is -2.37. The van der Waals surface area contributed by atoms with Gasteiger partial charge in [0, 0.05) is 6.54 Å². The number of hydrogen-bond donors (Lipinski definition) is 4. The Morgan fingerprint density at radius 3 is 2.91 bits per heavy atom. The third-order valence-corrected chi connectivity index (χ3v) is 5.92. The second-order valence-electron chi connectivity index (χ2n) is 7.90. The monoisotopic (exact) mass is 453 g/mol. The number of aromatic nitrogens is 4. The zero-order chi connectivity index (χ0) is 22.8. The van der Waals surface area contributed by atoms with Gasteiger partial charge in [-0.15, -0.1) is 0 Å². The van der Waals surface area contributed by atoms with E-state index in [4.69, 9.17) is 28.1 Å². The molecule has 0 saturated carbocycles. The van der Waals surface area contributed by atoms with Crippen LogP contribution in [0.1, 0.15) is 37.2 Å². The molecule has 4 rings (SSSR count). The molecule has 1 aromatic carbocycles. The van der Waals surface area contributed by atoms with Crippen LogP contribution in [0.3, 0.4) is 0 Å². The summed E-state index contributed by atoms with van der Waals surface area (Å²) in [6.45, 7) is 4.14. The lowest BCUT2D eigenvalue weighted by atomic mass is 9.99. The van der Waals surface area contributed by atoms with Crippen molar-refractivity contribution in [2.75, 3.05) is 29.9 Å². The Bertz CT molecular complexity index is 1260. The molecule has 1 aliphatic rings. The molecule has 11 heteroatoms. The third kappa shape index (κ3) is 4.17. The van der Waals surface area contributed by atoms with Gasteiger partial charge in [0.15, 0.2) is 5.82 Å². The molecule has 32 heavy (non-hydrogen) atoms. The van der Waals surface area contributed by atoms with Crippen LogP contribution >= 0.6 is 11.6 Å². The van der Waals surface area contributed by atoms with Crippen LogP contribution in [0.25, 0.3) is 10.9 Å². The molecule has 1 aliphatic heterocycles.